The summed E-state index contributed by atoms with van der Waals surface area (Å²) in [5, 5.41) is 10.7. The van der Waals surface area contributed by atoms with Crippen LogP contribution in [0.4, 0.5) is 0 Å². The number of benzene rings is 1. The van der Waals surface area contributed by atoms with E-state index in [9.17, 15) is 5.11 Å². The van der Waals surface area contributed by atoms with Crippen LogP contribution in [0.2, 0.25) is 0 Å². The van der Waals surface area contributed by atoms with Gasteiger partial charge in [0.05, 0.1) is 12.6 Å². The number of nitrogens with zero attached hydrogens (tertiary/aromatic N) is 1. The van der Waals surface area contributed by atoms with Crippen molar-refractivity contribution in [3.8, 4) is 5.75 Å². The Bertz CT molecular complexity index is 426. The fourth-order valence-corrected chi connectivity index (χ4v) is 2.70. The molecule has 118 valence electrons. The molecule has 1 aromatic rings. The van der Waals surface area contributed by atoms with Crippen molar-refractivity contribution in [1.82, 2.24) is 4.90 Å². The fraction of sp³-hybridized carbons (Fsp3) is 0.625. The maximum Gasteiger partial charge on any atom is 0.125 e. The van der Waals surface area contributed by atoms with E-state index in [-0.39, 0.29) is 6.04 Å². The van der Waals surface area contributed by atoms with Crippen LogP contribution in [0.15, 0.2) is 24.3 Å². The molecule has 1 aliphatic rings. The Balaban J connectivity index is 2.05. The molecule has 0 aromatic heterocycles. The average molecular weight is 295 g/mol. The maximum atomic E-state index is 10.7. The number of methoxy groups -OCH3 is 2. The first kappa shape index (κ1) is 16.2. The second-order valence-corrected chi connectivity index (χ2v) is 5.24. The SMILES string of the molecule is COCCCN(CCOC)C1COc2ccccc2C1O. The van der Waals surface area contributed by atoms with Gasteiger partial charge >= 0.3 is 0 Å². The lowest BCUT2D eigenvalue weighted by Crippen LogP contribution is -2.47. The lowest BCUT2D eigenvalue weighted by molar-refractivity contribution is -0.00869. The van der Waals surface area contributed by atoms with Gasteiger partial charge in [-0.15, -0.1) is 0 Å². The van der Waals surface area contributed by atoms with E-state index >= 15 is 0 Å². The zero-order valence-corrected chi connectivity index (χ0v) is 12.8. The average Bonchev–Trinajstić information content (AvgIpc) is 2.52. The lowest BCUT2D eigenvalue weighted by Gasteiger charge is -2.38. The van der Waals surface area contributed by atoms with Gasteiger partial charge in [0.1, 0.15) is 18.5 Å². The summed E-state index contributed by atoms with van der Waals surface area (Å²) in [4.78, 5) is 2.23. The molecule has 0 saturated carbocycles. The molecule has 5 heteroatoms. The molecular weight excluding hydrogens is 270 g/mol. The Hall–Kier alpha value is -1.14. The quantitative estimate of drug-likeness (QED) is 0.736. The molecule has 0 fully saturated rings. The topological polar surface area (TPSA) is 51.2 Å². The van der Waals surface area contributed by atoms with Crippen molar-refractivity contribution in [1.29, 1.82) is 0 Å². The highest BCUT2D eigenvalue weighted by molar-refractivity contribution is 5.37. The lowest BCUT2D eigenvalue weighted by atomic mass is 9.97. The Morgan fingerprint density at radius 2 is 1.95 bits per heavy atom. The third kappa shape index (κ3) is 4.17. The first-order valence-corrected chi connectivity index (χ1v) is 7.39. The van der Waals surface area contributed by atoms with Crippen LogP contribution in [0.5, 0.6) is 5.75 Å². The van der Waals surface area contributed by atoms with Crippen molar-refractivity contribution < 1.29 is 19.3 Å². The second kappa shape index (κ2) is 8.34. The highest BCUT2D eigenvalue weighted by Gasteiger charge is 2.33. The molecule has 1 aliphatic heterocycles. The predicted octanol–water partition coefficient (Wildman–Crippen LogP) is 1.47. The highest BCUT2D eigenvalue weighted by atomic mass is 16.5. The molecular formula is C16H25NO4. The molecule has 2 atom stereocenters. The summed E-state index contributed by atoms with van der Waals surface area (Å²) >= 11 is 0. The van der Waals surface area contributed by atoms with Crippen molar-refractivity contribution in [3.63, 3.8) is 0 Å². The third-order valence-corrected chi connectivity index (χ3v) is 3.86. The number of ether oxygens (including phenoxy) is 3. The number of aliphatic hydroxyl groups is 1. The van der Waals surface area contributed by atoms with Crippen LogP contribution in [0.3, 0.4) is 0 Å². The zero-order valence-electron chi connectivity index (χ0n) is 12.8. The predicted molar refractivity (Wildman–Crippen MR) is 80.6 cm³/mol. The van der Waals surface area contributed by atoms with E-state index in [1.165, 1.54) is 0 Å². The third-order valence-electron chi connectivity index (χ3n) is 3.86. The van der Waals surface area contributed by atoms with Crippen LogP contribution in [0.1, 0.15) is 18.1 Å². The van der Waals surface area contributed by atoms with Crippen molar-refractivity contribution in [2.75, 3.05) is 47.1 Å². The number of aliphatic hydroxyl groups excluding tert-OH is 1. The van der Waals surface area contributed by atoms with Gasteiger partial charge in [0.25, 0.3) is 0 Å². The number of hydrogen-bond donors (Lipinski definition) is 1. The number of para-hydroxylation sites is 1. The molecule has 0 aliphatic carbocycles. The van der Waals surface area contributed by atoms with E-state index in [0.717, 1.165) is 30.8 Å². The van der Waals surface area contributed by atoms with Gasteiger partial charge in [0.2, 0.25) is 0 Å². The Morgan fingerprint density at radius 1 is 1.19 bits per heavy atom. The molecule has 1 N–H and O–H groups in total. The van der Waals surface area contributed by atoms with Crippen molar-refractivity contribution in [2.45, 2.75) is 18.6 Å². The van der Waals surface area contributed by atoms with E-state index < -0.39 is 6.10 Å². The first-order valence-electron chi connectivity index (χ1n) is 7.39. The minimum atomic E-state index is -0.533. The summed E-state index contributed by atoms with van der Waals surface area (Å²) in [5.41, 5.74) is 0.864. The molecule has 1 aromatic carbocycles. The van der Waals surface area contributed by atoms with Gasteiger partial charge in [-0.2, -0.15) is 0 Å². The van der Waals surface area contributed by atoms with Gasteiger partial charge < -0.3 is 19.3 Å². The number of hydrogen-bond acceptors (Lipinski definition) is 5. The summed E-state index contributed by atoms with van der Waals surface area (Å²) < 4.78 is 16.1. The van der Waals surface area contributed by atoms with Gasteiger partial charge in [0.15, 0.2) is 0 Å². The Morgan fingerprint density at radius 3 is 2.71 bits per heavy atom. The van der Waals surface area contributed by atoms with Crippen LogP contribution in [0.25, 0.3) is 0 Å². The molecule has 0 bridgehead atoms. The van der Waals surface area contributed by atoms with Crippen LogP contribution in [-0.4, -0.2) is 63.2 Å². The summed E-state index contributed by atoms with van der Waals surface area (Å²) in [7, 11) is 3.39. The molecule has 0 amide bonds. The molecule has 1 heterocycles. The van der Waals surface area contributed by atoms with Gasteiger partial charge in [-0.3, -0.25) is 4.90 Å². The van der Waals surface area contributed by atoms with Crippen LogP contribution in [-0.2, 0) is 9.47 Å². The normalized spacial score (nSPS) is 21.1. The minimum absolute atomic E-state index is 0.0492. The van der Waals surface area contributed by atoms with Gasteiger partial charge in [0, 0.05) is 39.5 Å². The fourth-order valence-electron chi connectivity index (χ4n) is 2.70. The molecule has 0 spiro atoms. The van der Waals surface area contributed by atoms with Gasteiger partial charge in [-0.05, 0) is 12.5 Å². The van der Waals surface area contributed by atoms with E-state index in [2.05, 4.69) is 4.90 Å². The van der Waals surface area contributed by atoms with E-state index in [4.69, 9.17) is 14.2 Å². The van der Waals surface area contributed by atoms with Crippen molar-refractivity contribution >= 4 is 0 Å². The monoisotopic (exact) mass is 295 g/mol. The molecule has 2 unspecified atom stereocenters. The standard InChI is InChI=1S/C16H25NO4/c1-19-10-5-8-17(9-11-20-2)14-12-21-15-7-4-3-6-13(15)16(14)18/h3-4,6-7,14,16,18H,5,8-12H2,1-2H3. The van der Waals surface area contributed by atoms with Crippen molar-refractivity contribution in [3.05, 3.63) is 29.8 Å². The number of rotatable bonds is 8. The maximum absolute atomic E-state index is 10.7. The highest BCUT2D eigenvalue weighted by Crippen LogP contribution is 2.33. The van der Waals surface area contributed by atoms with E-state index in [0.29, 0.717) is 19.8 Å². The summed E-state index contributed by atoms with van der Waals surface area (Å²) in [6, 6.07) is 7.63. The molecule has 21 heavy (non-hydrogen) atoms. The first-order chi connectivity index (χ1) is 10.3. The van der Waals surface area contributed by atoms with Gasteiger partial charge in [-0.1, -0.05) is 18.2 Å². The smallest absolute Gasteiger partial charge is 0.125 e. The van der Waals surface area contributed by atoms with Crippen LogP contribution < -0.4 is 4.74 Å². The molecule has 0 saturated heterocycles. The largest absolute Gasteiger partial charge is 0.491 e. The minimum Gasteiger partial charge on any atom is -0.491 e. The van der Waals surface area contributed by atoms with Crippen LogP contribution in [0, 0.1) is 0 Å². The molecule has 2 rings (SSSR count). The zero-order chi connectivity index (χ0) is 15.1. The summed E-state index contributed by atoms with van der Waals surface area (Å²) in [6.45, 7) is 3.47. The van der Waals surface area contributed by atoms with E-state index in [1.807, 2.05) is 24.3 Å². The van der Waals surface area contributed by atoms with Crippen LogP contribution >= 0.6 is 0 Å². The summed E-state index contributed by atoms with van der Waals surface area (Å²) in [6.07, 6.45) is 0.389. The molecule has 0 radical (unpaired) electrons. The number of fused-ring (bicyclic) bond motifs is 1. The van der Waals surface area contributed by atoms with Gasteiger partial charge in [-0.25, -0.2) is 0 Å². The Labute approximate surface area is 126 Å². The summed E-state index contributed by atoms with van der Waals surface area (Å²) in [5.74, 6) is 0.782. The van der Waals surface area contributed by atoms with E-state index in [1.54, 1.807) is 14.2 Å². The van der Waals surface area contributed by atoms with Crippen molar-refractivity contribution in [2.24, 2.45) is 0 Å². The molecule has 5 nitrogen and oxygen atoms in total. The Kier molecular flexibility index (Phi) is 6.45. The second-order valence-electron chi connectivity index (χ2n) is 5.24.